The van der Waals surface area contributed by atoms with Crippen molar-refractivity contribution in [2.75, 3.05) is 32.1 Å². The van der Waals surface area contributed by atoms with Gasteiger partial charge in [0.2, 0.25) is 0 Å². The lowest BCUT2D eigenvalue weighted by Gasteiger charge is -2.14. The van der Waals surface area contributed by atoms with Crippen LogP contribution in [0, 0.1) is 0 Å². The summed E-state index contributed by atoms with van der Waals surface area (Å²) in [6, 6.07) is 4.12. The predicted octanol–water partition coefficient (Wildman–Crippen LogP) is 1.86. The fourth-order valence-corrected chi connectivity index (χ4v) is 4.12. The van der Waals surface area contributed by atoms with Crippen molar-refractivity contribution in [2.24, 2.45) is 0 Å². The molecule has 23 heavy (non-hydrogen) atoms. The molecule has 6 nitrogen and oxygen atoms in total. The summed E-state index contributed by atoms with van der Waals surface area (Å²) in [6.45, 7) is 3.31. The molecule has 0 unspecified atom stereocenters. The number of aromatic nitrogens is 3. The highest BCUT2D eigenvalue weighted by atomic mass is 32.2. The molecule has 0 spiro atoms. The summed E-state index contributed by atoms with van der Waals surface area (Å²) < 4.78 is 7.98. The van der Waals surface area contributed by atoms with Crippen molar-refractivity contribution >= 4 is 23.1 Å². The van der Waals surface area contributed by atoms with E-state index in [9.17, 15) is 0 Å². The van der Waals surface area contributed by atoms with Gasteiger partial charge in [0.15, 0.2) is 11.0 Å². The molecule has 0 saturated carbocycles. The van der Waals surface area contributed by atoms with E-state index in [4.69, 9.17) is 9.84 Å². The van der Waals surface area contributed by atoms with Crippen molar-refractivity contribution in [3.8, 4) is 10.7 Å². The molecule has 0 amide bonds. The molecule has 2 N–H and O–H groups in total. The molecule has 0 aliphatic carbocycles. The largest absolute Gasteiger partial charge is 0.395 e. The van der Waals surface area contributed by atoms with Crippen molar-refractivity contribution < 1.29 is 9.84 Å². The Hall–Kier alpha value is -0.930. The first-order valence-corrected chi connectivity index (χ1v) is 9.78. The van der Waals surface area contributed by atoms with Gasteiger partial charge >= 0.3 is 0 Å². The zero-order chi connectivity index (χ0) is 15.9. The Morgan fingerprint density at radius 2 is 2.39 bits per heavy atom. The summed E-state index contributed by atoms with van der Waals surface area (Å²) in [6.07, 6.45) is 2.50. The van der Waals surface area contributed by atoms with Gasteiger partial charge in [-0.05, 0) is 24.3 Å². The number of nitrogens with one attached hydrogen (secondary N) is 1. The summed E-state index contributed by atoms with van der Waals surface area (Å²) in [5.41, 5.74) is 0. The molecule has 0 radical (unpaired) electrons. The highest BCUT2D eigenvalue weighted by molar-refractivity contribution is 7.99. The van der Waals surface area contributed by atoms with E-state index in [1.807, 2.05) is 6.07 Å². The van der Waals surface area contributed by atoms with Gasteiger partial charge in [0.25, 0.3) is 0 Å². The molecule has 1 atom stereocenters. The minimum atomic E-state index is 0.169. The first-order valence-electron chi connectivity index (χ1n) is 7.91. The molecular weight excluding hydrogens is 332 g/mol. The van der Waals surface area contributed by atoms with Crippen molar-refractivity contribution in [3.05, 3.63) is 17.5 Å². The van der Waals surface area contributed by atoms with Gasteiger partial charge in [-0.3, -0.25) is 4.57 Å². The molecule has 1 saturated heterocycles. The van der Waals surface area contributed by atoms with Crippen molar-refractivity contribution in [1.29, 1.82) is 0 Å². The molecule has 2 aromatic heterocycles. The maximum absolute atomic E-state index is 8.79. The van der Waals surface area contributed by atoms with Crippen LogP contribution in [0.1, 0.15) is 12.8 Å². The number of aliphatic hydroxyl groups is 1. The quantitative estimate of drug-likeness (QED) is 0.529. The van der Waals surface area contributed by atoms with Crippen molar-refractivity contribution in [1.82, 2.24) is 20.1 Å². The van der Waals surface area contributed by atoms with E-state index in [1.165, 1.54) is 0 Å². The molecule has 0 bridgehead atoms. The topological polar surface area (TPSA) is 72.2 Å². The van der Waals surface area contributed by atoms with E-state index >= 15 is 0 Å². The normalized spacial score (nSPS) is 17.9. The molecule has 3 heterocycles. The van der Waals surface area contributed by atoms with Crippen LogP contribution < -0.4 is 5.32 Å². The summed E-state index contributed by atoms with van der Waals surface area (Å²) in [5, 5.41) is 23.8. The van der Waals surface area contributed by atoms with E-state index in [-0.39, 0.29) is 12.7 Å². The molecule has 1 fully saturated rings. The highest BCUT2D eigenvalue weighted by Gasteiger charge is 2.21. The Bertz CT molecular complexity index is 582. The lowest BCUT2D eigenvalue weighted by Crippen LogP contribution is -2.21. The Kier molecular flexibility index (Phi) is 6.46. The number of rotatable bonds is 9. The van der Waals surface area contributed by atoms with Crippen LogP contribution in [0.3, 0.4) is 0 Å². The van der Waals surface area contributed by atoms with E-state index in [0.29, 0.717) is 6.54 Å². The summed E-state index contributed by atoms with van der Waals surface area (Å²) >= 11 is 3.38. The van der Waals surface area contributed by atoms with E-state index in [1.54, 1.807) is 23.1 Å². The lowest BCUT2D eigenvalue weighted by atomic mass is 10.2. The van der Waals surface area contributed by atoms with Gasteiger partial charge in [0.05, 0.1) is 24.1 Å². The number of aliphatic hydroxyl groups excluding tert-OH is 1. The first kappa shape index (κ1) is 16.9. The number of nitrogens with zero attached hydrogens (tertiary/aromatic N) is 3. The first-order chi connectivity index (χ1) is 11.4. The third-order valence-corrected chi connectivity index (χ3v) is 5.50. The molecule has 2 aromatic rings. The van der Waals surface area contributed by atoms with Gasteiger partial charge < -0.3 is 15.2 Å². The van der Waals surface area contributed by atoms with Gasteiger partial charge in [-0.1, -0.05) is 17.8 Å². The molecule has 3 rings (SSSR count). The van der Waals surface area contributed by atoms with Crippen LogP contribution in [0.15, 0.2) is 22.7 Å². The second kappa shape index (κ2) is 8.79. The number of thioether (sulfide) groups is 1. The number of ether oxygens (including phenoxy) is 1. The highest BCUT2D eigenvalue weighted by Crippen LogP contribution is 2.28. The summed E-state index contributed by atoms with van der Waals surface area (Å²) in [7, 11) is 0. The second-order valence-corrected chi connectivity index (χ2v) is 7.36. The second-order valence-electron chi connectivity index (χ2n) is 5.35. The van der Waals surface area contributed by atoms with Crippen molar-refractivity contribution in [3.63, 3.8) is 0 Å². The Morgan fingerprint density at radius 3 is 3.13 bits per heavy atom. The summed E-state index contributed by atoms with van der Waals surface area (Å²) in [5.74, 6) is 1.83. The molecule has 1 aliphatic rings. The lowest BCUT2D eigenvalue weighted by molar-refractivity contribution is 0.0953. The third-order valence-electron chi connectivity index (χ3n) is 3.67. The van der Waals surface area contributed by atoms with Crippen LogP contribution in [0.5, 0.6) is 0 Å². The Balaban J connectivity index is 1.70. The SMILES string of the molecule is OCCNCCSc1nnc(-c2cccs2)n1C[C@@H]1CCCO1. The Labute approximate surface area is 144 Å². The van der Waals surface area contributed by atoms with Crippen LogP contribution in [0.25, 0.3) is 10.7 Å². The van der Waals surface area contributed by atoms with Crippen LogP contribution >= 0.6 is 23.1 Å². The zero-order valence-electron chi connectivity index (χ0n) is 13.0. The van der Waals surface area contributed by atoms with Crippen LogP contribution in [0.2, 0.25) is 0 Å². The Morgan fingerprint density at radius 1 is 1.43 bits per heavy atom. The van der Waals surface area contributed by atoms with E-state index < -0.39 is 0 Å². The number of hydrogen-bond acceptors (Lipinski definition) is 7. The van der Waals surface area contributed by atoms with Crippen LogP contribution in [-0.4, -0.2) is 58.0 Å². The molecular formula is C15H22N4O2S2. The zero-order valence-corrected chi connectivity index (χ0v) is 14.6. The number of thiophene rings is 1. The smallest absolute Gasteiger partial charge is 0.191 e. The maximum atomic E-state index is 8.79. The fraction of sp³-hybridized carbons (Fsp3) is 0.600. The summed E-state index contributed by atoms with van der Waals surface area (Å²) in [4.78, 5) is 1.14. The van der Waals surface area contributed by atoms with Gasteiger partial charge in [-0.2, -0.15) is 0 Å². The van der Waals surface area contributed by atoms with E-state index in [2.05, 4.69) is 31.5 Å². The van der Waals surface area contributed by atoms with Gasteiger partial charge in [0.1, 0.15) is 0 Å². The predicted molar refractivity (Wildman–Crippen MR) is 93.0 cm³/mol. The monoisotopic (exact) mass is 354 g/mol. The van der Waals surface area contributed by atoms with Crippen molar-refractivity contribution in [2.45, 2.75) is 30.6 Å². The van der Waals surface area contributed by atoms with Crippen LogP contribution in [0.4, 0.5) is 0 Å². The minimum Gasteiger partial charge on any atom is -0.395 e. The molecule has 0 aromatic carbocycles. The van der Waals surface area contributed by atoms with E-state index in [0.717, 1.165) is 54.1 Å². The fourth-order valence-electron chi connectivity index (χ4n) is 2.56. The van der Waals surface area contributed by atoms with Crippen LogP contribution in [-0.2, 0) is 11.3 Å². The van der Waals surface area contributed by atoms with Gasteiger partial charge in [-0.25, -0.2) is 0 Å². The molecule has 1 aliphatic heterocycles. The maximum Gasteiger partial charge on any atom is 0.191 e. The molecule has 126 valence electrons. The van der Waals surface area contributed by atoms with Gasteiger partial charge in [-0.15, -0.1) is 21.5 Å². The minimum absolute atomic E-state index is 0.169. The average molecular weight is 355 g/mol. The van der Waals surface area contributed by atoms with Gasteiger partial charge in [0, 0.05) is 25.4 Å². The third kappa shape index (κ3) is 4.54. The molecule has 8 heteroatoms. The average Bonchev–Trinajstić information content (AvgIpc) is 3.29. The number of hydrogen-bond donors (Lipinski definition) is 2. The standard InChI is InChI=1S/C15H22N4O2S2/c20-7-5-16-6-10-23-15-18-17-14(13-4-2-9-22-13)19(15)11-12-3-1-8-21-12/h2,4,9,12,16,20H,1,3,5-8,10-11H2/t12-/m0/s1.